The predicted octanol–water partition coefficient (Wildman–Crippen LogP) is 4.98. The number of halogens is 1. The molecule has 0 spiro atoms. The number of benzene rings is 2. The number of rotatable bonds is 4. The van der Waals surface area contributed by atoms with Gasteiger partial charge < -0.3 is 10.2 Å². The molecule has 2 heterocycles. The normalized spacial score (nSPS) is 14.0. The van der Waals surface area contributed by atoms with E-state index in [-0.39, 0.29) is 5.82 Å². The van der Waals surface area contributed by atoms with Gasteiger partial charge in [-0.3, -0.25) is 5.32 Å². The van der Waals surface area contributed by atoms with Gasteiger partial charge in [0.2, 0.25) is 5.13 Å². The molecule has 1 aromatic heterocycles. The Morgan fingerprint density at radius 3 is 2.61 bits per heavy atom. The second-order valence-corrected chi connectivity index (χ2v) is 7.33. The van der Waals surface area contributed by atoms with Gasteiger partial charge in [-0.2, -0.15) is 9.36 Å². The van der Waals surface area contributed by atoms with Gasteiger partial charge in [-0.1, -0.05) is 30.3 Å². The predicted molar refractivity (Wildman–Crippen MR) is 110 cm³/mol. The SMILES string of the molecule is O=C(Nc1nc(-c2ccccc2)ns1)Nc1ccc(F)cc1N1CCCCC1. The number of nitrogens with one attached hydrogen (secondary N) is 2. The summed E-state index contributed by atoms with van der Waals surface area (Å²) in [6, 6.07) is 13.5. The van der Waals surface area contributed by atoms with Gasteiger partial charge in [0.25, 0.3) is 0 Å². The molecule has 0 atom stereocenters. The van der Waals surface area contributed by atoms with Crippen LogP contribution in [0, 0.1) is 5.82 Å². The zero-order valence-electron chi connectivity index (χ0n) is 15.2. The van der Waals surface area contributed by atoms with Crippen LogP contribution in [0.2, 0.25) is 0 Å². The summed E-state index contributed by atoms with van der Waals surface area (Å²) in [5, 5.41) is 5.92. The van der Waals surface area contributed by atoms with E-state index in [0.717, 1.165) is 43.0 Å². The second kappa shape index (κ2) is 8.35. The minimum absolute atomic E-state index is 0.317. The minimum atomic E-state index is -0.430. The Bertz CT molecular complexity index is 956. The molecule has 1 aliphatic heterocycles. The van der Waals surface area contributed by atoms with Gasteiger partial charge in [0.1, 0.15) is 5.82 Å². The number of aromatic nitrogens is 2. The van der Waals surface area contributed by atoms with E-state index in [2.05, 4.69) is 24.9 Å². The molecule has 28 heavy (non-hydrogen) atoms. The van der Waals surface area contributed by atoms with E-state index in [0.29, 0.717) is 22.3 Å². The van der Waals surface area contributed by atoms with Crippen molar-refractivity contribution >= 4 is 34.1 Å². The van der Waals surface area contributed by atoms with Crippen LogP contribution in [0.3, 0.4) is 0 Å². The quantitative estimate of drug-likeness (QED) is 0.651. The summed E-state index contributed by atoms with van der Waals surface area (Å²) in [5.41, 5.74) is 2.17. The van der Waals surface area contributed by atoms with E-state index in [1.54, 1.807) is 6.07 Å². The van der Waals surface area contributed by atoms with Gasteiger partial charge in [-0.25, -0.2) is 9.18 Å². The Kier molecular flexibility index (Phi) is 5.48. The number of amides is 2. The number of anilines is 3. The fourth-order valence-corrected chi connectivity index (χ4v) is 3.82. The fourth-order valence-electron chi connectivity index (χ4n) is 3.24. The lowest BCUT2D eigenvalue weighted by Crippen LogP contribution is -2.31. The highest BCUT2D eigenvalue weighted by molar-refractivity contribution is 7.10. The molecule has 1 saturated heterocycles. The summed E-state index contributed by atoms with van der Waals surface area (Å²) in [6.07, 6.45) is 3.31. The molecule has 0 bridgehead atoms. The van der Waals surface area contributed by atoms with Crippen molar-refractivity contribution in [3.63, 3.8) is 0 Å². The van der Waals surface area contributed by atoms with Gasteiger partial charge >= 0.3 is 6.03 Å². The molecule has 6 nitrogen and oxygen atoms in total. The lowest BCUT2D eigenvalue weighted by atomic mass is 10.1. The maximum Gasteiger partial charge on any atom is 0.325 e. The summed E-state index contributed by atoms with van der Waals surface area (Å²) in [5.74, 6) is 0.250. The third-order valence-electron chi connectivity index (χ3n) is 4.58. The third kappa shape index (κ3) is 4.28. The van der Waals surface area contributed by atoms with Crippen molar-refractivity contribution in [3.8, 4) is 11.4 Å². The number of carbonyl (C=O) groups is 1. The Morgan fingerprint density at radius 2 is 1.82 bits per heavy atom. The zero-order chi connectivity index (χ0) is 19.3. The van der Waals surface area contributed by atoms with E-state index in [1.807, 2.05) is 30.3 Å². The number of hydrogen-bond donors (Lipinski definition) is 2. The first-order chi connectivity index (χ1) is 13.7. The molecule has 8 heteroatoms. The molecule has 2 amide bonds. The largest absolute Gasteiger partial charge is 0.370 e. The van der Waals surface area contributed by atoms with Crippen molar-refractivity contribution in [2.24, 2.45) is 0 Å². The van der Waals surface area contributed by atoms with E-state index in [4.69, 9.17) is 0 Å². The van der Waals surface area contributed by atoms with Gasteiger partial charge in [-0.05, 0) is 37.5 Å². The van der Waals surface area contributed by atoms with E-state index in [1.165, 1.54) is 18.6 Å². The van der Waals surface area contributed by atoms with E-state index < -0.39 is 6.03 Å². The topological polar surface area (TPSA) is 70.1 Å². The smallest absolute Gasteiger partial charge is 0.325 e. The second-order valence-electron chi connectivity index (χ2n) is 6.58. The van der Waals surface area contributed by atoms with Gasteiger partial charge in [0, 0.05) is 30.2 Å². The Hall–Kier alpha value is -3.00. The van der Waals surface area contributed by atoms with Crippen LogP contribution in [0.1, 0.15) is 19.3 Å². The summed E-state index contributed by atoms with van der Waals surface area (Å²) in [4.78, 5) is 18.9. The van der Waals surface area contributed by atoms with E-state index in [9.17, 15) is 9.18 Å². The first-order valence-corrected chi connectivity index (χ1v) is 9.98. The van der Waals surface area contributed by atoms with Crippen molar-refractivity contribution in [3.05, 3.63) is 54.3 Å². The molecule has 4 rings (SSSR count). The van der Waals surface area contributed by atoms with E-state index >= 15 is 0 Å². The molecule has 0 aliphatic carbocycles. The lowest BCUT2D eigenvalue weighted by molar-refractivity contribution is 0.262. The van der Waals surface area contributed by atoms with Gasteiger partial charge in [0.05, 0.1) is 11.4 Å². The standard InChI is InChI=1S/C20H20FN5OS/c21-15-9-10-16(17(13-15)26-11-5-2-6-12-26)22-19(27)24-20-23-18(25-28-20)14-7-3-1-4-8-14/h1,3-4,7-10,13H,2,5-6,11-12H2,(H2,22,23,24,25,27). The monoisotopic (exact) mass is 397 g/mol. The molecule has 1 fully saturated rings. The zero-order valence-corrected chi connectivity index (χ0v) is 16.0. The number of nitrogens with zero attached hydrogens (tertiary/aromatic N) is 3. The Balaban J connectivity index is 1.46. The summed E-state index contributed by atoms with van der Waals surface area (Å²) >= 11 is 1.11. The molecule has 0 unspecified atom stereocenters. The van der Waals surface area contributed by atoms with Crippen LogP contribution in [0.15, 0.2) is 48.5 Å². The van der Waals surface area contributed by atoms with Gasteiger partial charge in [0.15, 0.2) is 5.82 Å². The molecular weight excluding hydrogens is 377 g/mol. The highest BCUT2D eigenvalue weighted by Crippen LogP contribution is 2.30. The third-order valence-corrected chi connectivity index (χ3v) is 5.21. The molecule has 0 saturated carbocycles. The van der Waals surface area contributed by atoms with Gasteiger partial charge in [-0.15, -0.1) is 0 Å². The first kappa shape index (κ1) is 18.4. The average Bonchev–Trinajstić information content (AvgIpc) is 3.19. The molecular formula is C20H20FN5OS. The Morgan fingerprint density at radius 1 is 1.04 bits per heavy atom. The average molecular weight is 397 g/mol. The van der Waals surface area contributed by atoms with Crippen molar-refractivity contribution < 1.29 is 9.18 Å². The number of urea groups is 1. The highest BCUT2D eigenvalue weighted by atomic mass is 32.1. The first-order valence-electron chi connectivity index (χ1n) is 9.21. The van der Waals surface area contributed by atoms with Crippen LogP contribution in [0.25, 0.3) is 11.4 Å². The summed E-state index contributed by atoms with van der Waals surface area (Å²) in [7, 11) is 0. The maximum absolute atomic E-state index is 13.8. The van der Waals surface area contributed by atoms with Crippen LogP contribution in [0.5, 0.6) is 0 Å². The summed E-state index contributed by atoms with van der Waals surface area (Å²) in [6.45, 7) is 1.72. The number of hydrogen-bond acceptors (Lipinski definition) is 5. The van der Waals surface area contributed by atoms with Crippen LogP contribution < -0.4 is 15.5 Å². The highest BCUT2D eigenvalue weighted by Gasteiger charge is 2.17. The lowest BCUT2D eigenvalue weighted by Gasteiger charge is -2.30. The van der Waals surface area contributed by atoms with Crippen molar-refractivity contribution in [2.45, 2.75) is 19.3 Å². The summed E-state index contributed by atoms with van der Waals surface area (Å²) < 4.78 is 18.1. The molecule has 144 valence electrons. The van der Waals surface area contributed by atoms with Crippen molar-refractivity contribution in [1.82, 2.24) is 9.36 Å². The van der Waals surface area contributed by atoms with Crippen LogP contribution in [-0.4, -0.2) is 28.5 Å². The fraction of sp³-hybridized carbons (Fsp3) is 0.250. The molecule has 0 radical (unpaired) electrons. The van der Waals surface area contributed by atoms with Crippen LogP contribution in [-0.2, 0) is 0 Å². The maximum atomic E-state index is 13.8. The molecule has 2 aromatic carbocycles. The molecule has 2 N–H and O–H groups in total. The molecule has 1 aliphatic rings. The van der Waals surface area contributed by atoms with Crippen molar-refractivity contribution in [2.75, 3.05) is 28.6 Å². The number of piperidine rings is 1. The minimum Gasteiger partial charge on any atom is -0.370 e. The van der Waals surface area contributed by atoms with Crippen LogP contribution >= 0.6 is 11.5 Å². The van der Waals surface area contributed by atoms with Crippen LogP contribution in [0.4, 0.5) is 25.7 Å². The number of carbonyl (C=O) groups excluding carboxylic acids is 1. The Labute approximate surface area is 166 Å². The van der Waals surface area contributed by atoms with Crippen molar-refractivity contribution in [1.29, 1.82) is 0 Å². The molecule has 3 aromatic rings.